The fourth-order valence-corrected chi connectivity index (χ4v) is 4.42. The van der Waals surface area contributed by atoms with E-state index in [0.717, 1.165) is 22.6 Å². The molecule has 1 aromatic heterocycles. The van der Waals surface area contributed by atoms with Crippen LogP contribution in [-0.2, 0) is 4.79 Å². The largest absolute Gasteiger partial charge is 0.497 e. The minimum absolute atomic E-state index is 0.0791. The third kappa shape index (κ3) is 6.03. The van der Waals surface area contributed by atoms with E-state index in [9.17, 15) is 4.79 Å². The molecule has 0 spiro atoms. The summed E-state index contributed by atoms with van der Waals surface area (Å²) in [6.45, 7) is 2.03. The molecule has 1 heterocycles. The summed E-state index contributed by atoms with van der Waals surface area (Å²) in [7, 11) is 1.62. The molecule has 1 N–H and O–H groups in total. The van der Waals surface area contributed by atoms with Crippen molar-refractivity contribution in [1.29, 1.82) is 0 Å². The van der Waals surface area contributed by atoms with E-state index < -0.39 is 0 Å². The summed E-state index contributed by atoms with van der Waals surface area (Å²) in [5.74, 6) is 1.18. The zero-order valence-corrected chi connectivity index (χ0v) is 21.2. The topological polar surface area (TPSA) is 81.4 Å². The molecule has 0 aliphatic heterocycles. The van der Waals surface area contributed by atoms with Crippen LogP contribution in [0.3, 0.4) is 0 Å². The second kappa shape index (κ2) is 11.4. The lowest BCUT2D eigenvalue weighted by Crippen LogP contribution is -2.20. The lowest BCUT2D eigenvalue weighted by atomic mass is 10.1. The number of aromatic nitrogens is 3. The number of rotatable bonds is 8. The molecule has 0 saturated heterocycles. The third-order valence-electron chi connectivity index (χ3n) is 4.99. The molecule has 0 fully saturated rings. The highest BCUT2D eigenvalue weighted by Crippen LogP contribution is 2.29. The van der Waals surface area contributed by atoms with E-state index in [1.165, 1.54) is 18.0 Å². The van der Waals surface area contributed by atoms with Crippen LogP contribution in [0.1, 0.15) is 11.1 Å². The van der Waals surface area contributed by atoms with Crippen molar-refractivity contribution in [3.8, 4) is 22.8 Å². The second-order valence-corrected chi connectivity index (χ2v) is 9.18. The first-order valence-electron chi connectivity index (χ1n) is 10.5. The average molecular weight is 526 g/mol. The molecule has 3 aromatic carbocycles. The van der Waals surface area contributed by atoms with Crippen molar-refractivity contribution < 1.29 is 9.53 Å². The average Bonchev–Trinajstić information content (AvgIpc) is 3.29. The second-order valence-electron chi connectivity index (χ2n) is 7.42. The zero-order chi connectivity index (χ0) is 24.8. The van der Waals surface area contributed by atoms with Crippen LogP contribution in [0.5, 0.6) is 5.75 Å². The van der Waals surface area contributed by atoms with Crippen molar-refractivity contribution >= 4 is 47.1 Å². The van der Waals surface area contributed by atoms with Gasteiger partial charge in [-0.15, -0.1) is 10.2 Å². The van der Waals surface area contributed by atoms with Crippen molar-refractivity contribution in [3.05, 3.63) is 87.9 Å². The van der Waals surface area contributed by atoms with Gasteiger partial charge in [0.15, 0.2) is 11.0 Å². The van der Waals surface area contributed by atoms with Gasteiger partial charge in [-0.2, -0.15) is 5.10 Å². The zero-order valence-electron chi connectivity index (χ0n) is 18.9. The molecule has 0 atom stereocenters. The first kappa shape index (κ1) is 24.8. The molecule has 1 amide bonds. The monoisotopic (exact) mass is 525 g/mol. The van der Waals surface area contributed by atoms with Gasteiger partial charge in [-0.1, -0.05) is 70.9 Å². The fraction of sp³-hybridized carbons (Fsp3) is 0.120. The summed E-state index contributed by atoms with van der Waals surface area (Å²) in [6, 6.07) is 20.7. The van der Waals surface area contributed by atoms with E-state index in [2.05, 4.69) is 20.7 Å². The number of ether oxygens (including phenoxy) is 1. The standard InChI is InChI=1S/C25H21Cl2N5O2S/c1-16-6-8-17(9-7-16)24-30-31-25(32(24)18-10-12-19(34-2)13-11-18)35-15-23(33)29-28-14-20-21(26)4-3-5-22(20)27/h3-14H,15H2,1-2H3,(H,29,33)/b28-14-. The Morgan fingerprint density at radius 3 is 2.40 bits per heavy atom. The van der Waals surface area contributed by atoms with Crippen molar-refractivity contribution in [2.45, 2.75) is 12.1 Å². The molecule has 0 aliphatic rings. The predicted molar refractivity (Wildman–Crippen MR) is 141 cm³/mol. The van der Waals surface area contributed by atoms with Crippen LogP contribution in [0, 0.1) is 6.92 Å². The SMILES string of the molecule is COc1ccc(-n2c(SCC(=O)N/N=C\c3c(Cl)cccc3Cl)nnc2-c2ccc(C)cc2)cc1. The number of carbonyl (C=O) groups is 1. The molecule has 4 aromatic rings. The maximum absolute atomic E-state index is 12.4. The minimum Gasteiger partial charge on any atom is -0.497 e. The highest BCUT2D eigenvalue weighted by Gasteiger charge is 2.17. The van der Waals surface area contributed by atoms with Crippen molar-refractivity contribution in [2.24, 2.45) is 5.10 Å². The Morgan fingerprint density at radius 2 is 1.74 bits per heavy atom. The number of halogens is 2. The number of hydrogen-bond acceptors (Lipinski definition) is 6. The number of aryl methyl sites for hydroxylation is 1. The number of carbonyl (C=O) groups excluding carboxylic acids is 1. The van der Waals surface area contributed by atoms with Gasteiger partial charge in [0.05, 0.1) is 29.1 Å². The maximum Gasteiger partial charge on any atom is 0.250 e. The third-order valence-corrected chi connectivity index (χ3v) is 6.58. The Labute approximate surface area is 217 Å². The highest BCUT2D eigenvalue weighted by molar-refractivity contribution is 7.99. The fourth-order valence-electron chi connectivity index (χ4n) is 3.18. The van der Waals surface area contributed by atoms with Crippen LogP contribution in [-0.4, -0.2) is 39.7 Å². The molecule has 0 aliphatic carbocycles. The molecular weight excluding hydrogens is 505 g/mol. The van der Waals surface area contributed by atoms with Crippen LogP contribution >= 0.6 is 35.0 Å². The number of benzene rings is 3. The van der Waals surface area contributed by atoms with E-state index in [-0.39, 0.29) is 11.7 Å². The lowest BCUT2D eigenvalue weighted by molar-refractivity contribution is -0.118. The van der Waals surface area contributed by atoms with E-state index in [1.54, 1.807) is 25.3 Å². The number of amides is 1. The van der Waals surface area contributed by atoms with Crippen LogP contribution in [0.25, 0.3) is 17.1 Å². The van der Waals surface area contributed by atoms with Crippen molar-refractivity contribution in [1.82, 2.24) is 20.2 Å². The summed E-state index contributed by atoms with van der Waals surface area (Å²) < 4.78 is 7.19. The Morgan fingerprint density at radius 1 is 1.06 bits per heavy atom. The number of thioether (sulfide) groups is 1. The minimum atomic E-state index is -0.310. The molecule has 7 nitrogen and oxygen atoms in total. The van der Waals surface area contributed by atoms with Crippen molar-refractivity contribution in [3.63, 3.8) is 0 Å². The number of hydrogen-bond donors (Lipinski definition) is 1. The van der Waals surface area contributed by atoms with Crippen LogP contribution in [0.15, 0.2) is 77.0 Å². The van der Waals surface area contributed by atoms with Gasteiger partial charge in [0.1, 0.15) is 5.75 Å². The number of nitrogens with zero attached hydrogens (tertiary/aromatic N) is 4. The van der Waals surface area contributed by atoms with Gasteiger partial charge < -0.3 is 4.74 Å². The van der Waals surface area contributed by atoms with Gasteiger partial charge in [-0.3, -0.25) is 9.36 Å². The molecular formula is C25H21Cl2N5O2S. The molecule has 0 radical (unpaired) electrons. The smallest absolute Gasteiger partial charge is 0.250 e. The molecule has 0 saturated carbocycles. The van der Waals surface area contributed by atoms with Gasteiger partial charge in [0.2, 0.25) is 0 Å². The Bertz CT molecular complexity index is 1340. The van der Waals surface area contributed by atoms with Crippen LogP contribution in [0.4, 0.5) is 0 Å². The van der Waals surface area contributed by atoms with E-state index in [4.69, 9.17) is 27.9 Å². The first-order valence-corrected chi connectivity index (χ1v) is 12.3. The van der Waals surface area contributed by atoms with Crippen LogP contribution in [0.2, 0.25) is 10.0 Å². The number of nitrogens with one attached hydrogen (secondary N) is 1. The highest BCUT2D eigenvalue weighted by atomic mass is 35.5. The molecule has 0 unspecified atom stereocenters. The maximum atomic E-state index is 12.4. The van der Waals surface area contributed by atoms with Gasteiger partial charge in [0, 0.05) is 16.8 Å². The van der Waals surface area contributed by atoms with E-state index in [1.807, 2.05) is 60.0 Å². The molecule has 178 valence electrons. The molecule has 10 heteroatoms. The summed E-state index contributed by atoms with van der Waals surface area (Å²) in [6.07, 6.45) is 1.42. The van der Waals surface area contributed by atoms with Gasteiger partial charge >= 0.3 is 0 Å². The van der Waals surface area contributed by atoms with Crippen LogP contribution < -0.4 is 10.2 Å². The Hall–Kier alpha value is -3.33. The van der Waals surface area contributed by atoms with Gasteiger partial charge in [-0.05, 0) is 43.3 Å². The van der Waals surface area contributed by atoms with E-state index >= 15 is 0 Å². The molecule has 4 rings (SSSR count). The van der Waals surface area contributed by atoms with E-state index in [0.29, 0.717) is 26.6 Å². The number of hydrazone groups is 1. The normalized spacial score (nSPS) is 11.1. The lowest BCUT2D eigenvalue weighted by Gasteiger charge is -2.11. The molecule has 35 heavy (non-hydrogen) atoms. The summed E-state index contributed by atoms with van der Waals surface area (Å²) in [5, 5.41) is 14.2. The molecule has 0 bridgehead atoms. The summed E-state index contributed by atoms with van der Waals surface area (Å²) in [5.41, 5.74) is 5.93. The van der Waals surface area contributed by atoms with Gasteiger partial charge in [-0.25, -0.2) is 5.43 Å². The van der Waals surface area contributed by atoms with Crippen molar-refractivity contribution in [2.75, 3.05) is 12.9 Å². The number of methoxy groups -OCH3 is 1. The van der Waals surface area contributed by atoms with Gasteiger partial charge in [0.25, 0.3) is 5.91 Å². The quantitative estimate of drug-likeness (QED) is 0.178. The summed E-state index contributed by atoms with van der Waals surface area (Å²) >= 11 is 13.5. The predicted octanol–water partition coefficient (Wildman–Crippen LogP) is 5.80. The summed E-state index contributed by atoms with van der Waals surface area (Å²) in [4.78, 5) is 12.4. The Balaban J connectivity index is 1.53. The Kier molecular flexibility index (Phi) is 8.07. The first-order chi connectivity index (χ1) is 17.0.